The van der Waals surface area contributed by atoms with Crippen LogP contribution in [0.25, 0.3) is 0 Å². The van der Waals surface area contributed by atoms with E-state index in [4.69, 9.17) is 14.2 Å². The van der Waals surface area contributed by atoms with Gasteiger partial charge in [0.2, 0.25) is 17.6 Å². The van der Waals surface area contributed by atoms with Crippen molar-refractivity contribution in [2.45, 2.75) is 13.0 Å². The van der Waals surface area contributed by atoms with Crippen LogP contribution in [0.15, 0.2) is 36.4 Å². The molecule has 1 heterocycles. The summed E-state index contributed by atoms with van der Waals surface area (Å²) in [6, 6.07) is 9.57. The van der Waals surface area contributed by atoms with Crippen molar-refractivity contribution in [1.29, 1.82) is 0 Å². The van der Waals surface area contributed by atoms with Crippen LogP contribution >= 0.6 is 0 Å². The number of methoxy groups -OCH3 is 3. The van der Waals surface area contributed by atoms with Crippen LogP contribution in [0.2, 0.25) is 0 Å². The minimum absolute atomic E-state index is 0.00751. The Kier molecular flexibility index (Phi) is 8.48. The average Bonchev–Trinajstić information content (AvgIpc) is 2.83. The normalized spacial score (nSPS) is 14.0. The summed E-state index contributed by atoms with van der Waals surface area (Å²) in [5, 5.41) is 2.91. The summed E-state index contributed by atoms with van der Waals surface area (Å²) in [5.74, 6) is 1.15. The monoisotopic (exact) mass is 459 g/mol. The van der Waals surface area contributed by atoms with Crippen molar-refractivity contribution in [1.82, 2.24) is 15.1 Å². The number of hydrogen-bond donors (Lipinski definition) is 1. The van der Waals surface area contributed by atoms with Gasteiger partial charge >= 0.3 is 0 Å². The number of piperazine rings is 1. The number of nitrogens with zero attached hydrogens (tertiary/aromatic N) is 2. The molecule has 2 amide bonds. The highest BCUT2D eigenvalue weighted by atomic mass is 19.1. The van der Waals surface area contributed by atoms with E-state index in [0.717, 1.165) is 11.1 Å². The Bertz CT molecular complexity index is 934. The first-order valence-electron chi connectivity index (χ1n) is 10.7. The van der Waals surface area contributed by atoms with Gasteiger partial charge in [0.05, 0.1) is 34.3 Å². The molecule has 1 N–H and O–H groups in total. The predicted octanol–water partition coefficient (Wildman–Crippen LogP) is 1.85. The van der Waals surface area contributed by atoms with E-state index in [1.165, 1.54) is 19.2 Å². The molecule has 9 heteroatoms. The standard InChI is InChI=1S/C24H30FN3O5/c1-31-20-12-18(13-21(32-2)24(20)33-3)15-26-22(29)16-27-8-10-28(11-9-27)23(30)14-17-4-6-19(25)7-5-17/h4-7,12-13H,8-11,14-16H2,1-3H3,(H,26,29). The molecule has 1 aliphatic rings. The molecule has 3 rings (SSSR count). The van der Waals surface area contributed by atoms with Crippen molar-refractivity contribution >= 4 is 11.8 Å². The van der Waals surface area contributed by atoms with E-state index < -0.39 is 0 Å². The summed E-state index contributed by atoms with van der Waals surface area (Å²) in [5.41, 5.74) is 1.61. The number of carbonyl (C=O) groups is 2. The first-order valence-corrected chi connectivity index (χ1v) is 10.7. The predicted molar refractivity (Wildman–Crippen MR) is 121 cm³/mol. The maximum Gasteiger partial charge on any atom is 0.234 e. The van der Waals surface area contributed by atoms with Crippen LogP contribution in [0.4, 0.5) is 4.39 Å². The average molecular weight is 460 g/mol. The molecular formula is C24H30FN3O5. The molecule has 0 spiro atoms. The number of halogens is 1. The molecule has 2 aromatic rings. The van der Waals surface area contributed by atoms with Gasteiger partial charge in [-0.3, -0.25) is 14.5 Å². The molecule has 0 bridgehead atoms. The largest absolute Gasteiger partial charge is 0.493 e. The molecule has 0 atom stereocenters. The Morgan fingerprint density at radius 2 is 1.52 bits per heavy atom. The van der Waals surface area contributed by atoms with Crippen LogP contribution in [0.5, 0.6) is 17.2 Å². The second-order valence-electron chi connectivity index (χ2n) is 7.77. The molecule has 1 saturated heterocycles. The summed E-state index contributed by atoms with van der Waals surface area (Å²) in [6.07, 6.45) is 0.246. The maximum atomic E-state index is 13.0. The van der Waals surface area contributed by atoms with E-state index in [-0.39, 0.29) is 30.6 Å². The van der Waals surface area contributed by atoms with Gasteiger partial charge in [-0.15, -0.1) is 0 Å². The number of hydrogen-bond acceptors (Lipinski definition) is 6. The van der Waals surface area contributed by atoms with Crippen molar-refractivity contribution < 1.29 is 28.2 Å². The molecule has 1 aliphatic heterocycles. The summed E-state index contributed by atoms with van der Waals surface area (Å²) in [7, 11) is 4.63. The highest BCUT2D eigenvalue weighted by Gasteiger charge is 2.22. The summed E-state index contributed by atoms with van der Waals surface area (Å²) < 4.78 is 29.0. The van der Waals surface area contributed by atoms with Gasteiger partial charge in [0.1, 0.15) is 5.82 Å². The molecule has 8 nitrogen and oxygen atoms in total. The van der Waals surface area contributed by atoms with E-state index in [1.54, 1.807) is 43.4 Å². The van der Waals surface area contributed by atoms with Gasteiger partial charge in [0.25, 0.3) is 0 Å². The fraction of sp³-hybridized carbons (Fsp3) is 0.417. The smallest absolute Gasteiger partial charge is 0.234 e. The Hall–Kier alpha value is -3.33. The first kappa shape index (κ1) is 24.3. The maximum absolute atomic E-state index is 13.0. The lowest BCUT2D eigenvalue weighted by atomic mass is 10.1. The quantitative estimate of drug-likeness (QED) is 0.617. The van der Waals surface area contributed by atoms with Crippen LogP contribution in [-0.2, 0) is 22.6 Å². The lowest BCUT2D eigenvalue weighted by Crippen LogP contribution is -2.51. The van der Waals surface area contributed by atoms with Gasteiger partial charge in [-0.05, 0) is 35.4 Å². The number of benzene rings is 2. The molecule has 0 saturated carbocycles. The van der Waals surface area contributed by atoms with Crippen molar-refractivity contribution in [3.05, 3.63) is 53.3 Å². The zero-order valence-electron chi connectivity index (χ0n) is 19.2. The number of ether oxygens (including phenoxy) is 3. The Morgan fingerprint density at radius 3 is 2.06 bits per heavy atom. The number of rotatable bonds is 9. The van der Waals surface area contributed by atoms with Crippen molar-refractivity contribution in [2.24, 2.45) is 0 Å². The minimum Gasteiger partial charge on any atom is -0.493 e. The van der Waals surface area contributed by atoms with Gasteiger partial charge in [0.15, 0.2) is 11.5 Å². The summed E-state index contributed by atoms with van der Waals surface area (Å²) in [4.78, 5) is 28.8. The van der Waals surface area contributed by atoms with E-state index in [0.29, 0.717) is 50.0 Å². The minimum atomic E-state index is -0.316. The van der Waals surface area contributed by atoms with Crippen LogP contribution in [0, 0.1) is 5.82 Å². The number of nitrogens with one attached hydrogen (secondary N) is 1. The van der Waals surface area contributed by atoms with Crippen LogP contribution < -0.4 is 19.5 Å². The summed E-state index contributed by atoms with van der Waals surface area (Å²) in [6.45, 7) is 2.93. The Labute approximate surface area is 193 Å². The Balaban J connectivity index is 1.45. The number of carbonyl (C=O) groups excluding carboxylic acids is 2. The highest BCUT2D eigenvalue weighted by Crippen LogP contribution is 2.38. The molecule has 1 fully saturated rings. The molecule has 0 aliphatic carbocycles. The van der Waals surface area contributed by atoms with Gasteiger partial charge in [-0.2, -0.15) is 0 Å². The lowest BCUT2D eigenvalue weighted by Gasteiger charge is -2.34. The summed E-state index contributed by atoms with van der Waals surface area (Å²) >= 11 is 0. The molecule has 33 heavy (non-hydrogen) atoms. The Morgan fingerprint density at radius 1 is 0.909 bits per heavy atom. The number of amides is 2. The SMILES string of the molecule is COc1cc(CNC(=O)CN2CCN(C(=O)Cc3ccc(F)cc3)CC2)cc(OC)c1OC. The molecule has 0 aromatic heterocycles. The van der Waals surface area contributed by atoms with Gasteiger partial charge in [-0.1, -0.05) is 12.1 Å². The zero-order chi connectivity index (χ0) is 23.8. The molecule has 0 radical (unpaired) electrons. The second kappa shape index (κ2) is 11.5. The fourth-order valence-corrected chi connectivity index (χ4v) is 3.74. The van der Waals surface area contributed by atoms with Crippen molar-refractivity contribution in [3.63, 3.8) is 0 Å². The van der Waals surface area contributed by atoms with Crippen molar-refractivity contribution in [3.8, 4) is 17.2 Å². The zero-order valence-corrected chi connectivity index (χ0v) is 19.2. The third-order valence-corrected chi connectivity index (χ3v) is 5.58. The topological polar surface area (TPSA) is 80.3 Å². The van der Waals surface area contributed by atoms with E-state index in [2.05, 4.69) is 5.32 Å². The highest BCUT2D eigenvalue weighted by molar-refractivity contribution is 5.79. The molecule has 0 unspecified atom stereocenters. The second-order valence-corrected chi connectivity index (χ2v) is 7.77. The van der Waals surface area contributed by atoms with Crippen LogP contribution in [0.1, 0.15) is 11.1 Å². The van der Waals surface area contributed by atoms with E-state index >= 15 is 0 Å². The van der Waals surface area contributed by atoms with Crippen molar-refractivity contribution in [2.75, 3.05) is 54.1 Å². The lowest BCUT2D eigenvalue weighted by molar-refractivity contribution is -0.132. The third kappa shape index (κ3) is 6.58. The first-order chi connectivity index (χ1) is 15.9. The molecule has 2 aromatic carbocycles. The third-order valence-electron chi connectivity index (χ3n) is 5.58. The van der Waals surface area contributed by atoms with Gasteiger partial charge in [-0.25, -0.2) is 4.39 Å². The van der Waals surface area contributed by atoms with Crippen LogP contribution in [0.3, 0.4) is 0 Å². The van der Waals surface area contributed by atoms with Crippen LogP contribution in [-0.4, -0.2) is 75.7 Å². The van der Waals surface area contributed by atoms with Gasteiger partial charge < -0.3 is 24.4 Å². The fourth-order valence-electron chi connectivity index (χ4n) is 3.74. The van der Waals surface area contributed by atoms with E-state index in [1.807, 2.05) is 4.90 Å². The van der Waals surface area contributed by atoms with E-state index in [9.17, 15) is 14.0 Å². The molecular weight excluding hydrogens is 429 g/mol. The van der Waals surface area contributed by atoms with Gasteiger partial charge in [0, 0.05) is 32.7 Å². The molecule has 178 valence electrons.